The van der Waals surface area contributed by atoms with E-state index in [2.05, 4.69) is 0 Å². The van der Waals surface area contributed by atoms with E-state index in [1.807, 2.05) is 0 Å². The number of esters is 1. The summed E-state index contributed by atoms with van der Waals surface area (Å²) in [6.07, 6.45) is -4.39. The van der Waals surface area contributed by atoms with Crippen molar-refractivity contribution in [2.45, 2.75) is 39.0 Å². The highest BCUT2D eigenvalue weighted by molar-refractivity contribution is 5.76. The normalized spacial score (nSPS) is 27.3. The highest BCUT2D eigenvalue weighted by Gasteiger charge is 2.60. The van der Waals surface area contributed by atoms with Crippen LogP contribution in [0.3, 0.4) is 0 Å². The number of ether oxygens (including phenoxy) is 1. The maximum Gasteiger partial charge on any atom is 0.392 e. The highest BCUT2D eigenvalue weighted by Crippen LogP contribution is 2.50. The molecular weight excluding hydrogens is 197 g/mol. The van der Waals surface area contributed by atoms with E-state index in [4.69, 9.17) is 4.74 Å². The summed E-state index contributed by atoms with van der Waals surface area (Å²) >= 11 is 0. The number of hydrogen-bond acceptors (Lipinski definition) is 2. The molecule has 82 valence electrons. The third-order valence-electron chi connectivity index (χ3n) is 1.92. The average Bonchev–Trinajstić information content (AvgIpc) is 2.55. The van der Waals surface area contributed by atoms with E-state index in [-0.39, 0.29) is 6.42 Å². The van der Waals surface area contributed by atoms with Crippen molar-refractivity contribution < 1.29 is 22.7 Å². The zero-order valence-electron chi connectivity index (χ0n) is 8.31. The van der Waals surface area contributed by atoms with Gasteiger partial charge in [0.15, 0.2) is 0 Å². The van der Waals surface area contributed by atoms with Crippen LogP contribution in [0.1, 0.15) is 27.2 Å². The maximum absolute atomic E-state index is 12.1. The Morgan fingerprint density at radius 3 is 2.07 bits per heavy atom. The number of rotatable bonds is 1. The molecule has 1 saturated carbocycles. The maximum atomic E-state index is 12.1. The van der Waals surface area contributed by atoms with Crippen molar-refractivity contribution in [3.63, 3.8) is 0 Å². The van der Waals surface area contributed by atoms with Crippen molar-refractivity contribution in [3.8, 4) is 0 Å². The predicted molar refractivity (Wildman–Crippen MR) is 43.5 cm³/mol. The van der Waals surface area contributed by atoms with E-state index in [0.29, 0.717) is 0 Å². The molecule has 1 aliphatic rings. The van der Waals surface area contributed by atoms with Crippen LogP contribution in [0.4, 0.5) is 13.2 Å². The predicted octanol–water partition coefficient (Wildman–Crippen LogP) is 2.53. The molecule has 0 aromatic heterocycles. The fourth-order valence-corrected chi connectivity index (χ4v) is 1.19. The monoisotopic (exact) mass is 210 g/mol. The molecule has 0 N–H and O–H groups in total. The zero-order valence-corrected chi connectivity index (χ0v) is 8.31. The van der Waals surface area contributed by atoms with Crippen molar-refractivity contribution in [1.29, 1.82) is 0 Å². The van der Waals surface area contributed by atoms with Gasteiger partial charge in [0.2, 0.25) is 0 Å². The van der Waals surface area contributed by atoms with Crippen LogP contribution in [0, 0.1) is 11.8 Å². The van der Waals surface area contributed by atoms with Crippen LogP contribution >= 0.6 is 0 Å². The summed E-state index contributed by atoms with van der Waals surface area (Å²) in [4.78, 5) is 11.2. The molecule has 0 radical (unpaired) electrons. The molecule has 5 heteroatoms. The number of alkyl halides is 3. The minimum Gasteiger partial charge on any atom is -0.460 e. The smallest absolute Gasteiger partial charge is 0.392 e. The van der Waals surface area contributed by atoms with Crippen LogP contribution in [-0.2, 0) is 9.53 Å². The lowest BCUT2D eigenvalue weighted by atomic mass is 10.2. The van der Waals surface area contributed by atoms with Crippen LogP contribution in [0.15, 0.2) is 0 Å². The molecule has 2 atom stereocenters. The molecule has 1 aliphatic carbocycles. The minimum atomic E-state index is -4.26. The first kappa shape index (κ1) is 11.3. The summed E-state index contributed by atoms with van der Waals surface area (Å²) in [5, 5.41) is 0. The van der Waals surface area contributed by atoms with Gasteiger partial charge in [0, 0.05) is 0 Å². The first-order chi connectivity index (χ1) is 6.11. The largest absolute Gasteiger partial charge is 0.460 e. The van der Waals surface area contributed by atoms with E-state index >= 15 is 0 Å². The van der Waals surface area contributed by atoms with E-state index < -0.39 is 29.6 Å². The molecule has 0 amide bonds. The summed E-state index contributed by atoms with van der Waals surface area (Å²) in [7, 11) is 0. The van der Waals surface area contributed by atoms with Crippen LogP contribution < -0.4 is 0 Å². The van der Waals surface area contributed by atoms with Crippen LogP contribution in [-0.4, -0.2) is 17.7 Å². The van der Waals surface area contributed by atoms with E-state index in [1.54, 1.807) is 20.8 Å². The summed E-state index contributed by atoms with van der Waals surface area (Å²) < 4.78 is 41.1. The Morgan fingerprint density at radius 2 is 1.79 bits per heavy atom. The second-order valence-corrected chi connectivity index (χ2v) is 4.52. The summed E-state index contributed by atoms with van der Waals surface area (Å²) in [5.41, 5.74) is -0.712. The summed E-state index contributed by atoms with van der Waals surface area (Å²) in [5.74, 6) is -3.20. The van der Waals surface area contributed by atoms with Gasteiger partial charge in [-0.05, 0) is 27.2 Å². The van der Waals surface area contributed by atoms with Crippen molar-refractivity contribution in [2.24, 2.45) is 11.8 Å². The van der Waals surface area contributed by atoms with Gasteiger partial charge in [-0.2, -0.15) is 13.2 Å². The Bertz CT molecular complexity index is 239. The van der Waals surface area contributed by atoms with Crippen molar-refractivity contribution >= 4 is 5.97 Å². The fourth-order valence-electron chi connectivity index (χ4n) is 1.19. The van der Waals surface area contributed by atoms with Gasteiger partial charge in [-0.25, -0.2) is 0 Å². The molecule has 2 nitrogen and oxygen atoms in total. The number of hydrogen-bond donors (Lipinski definition) is 0. The van der Waals surface area contributed by atoms with Gasteiger partial charge in [-0.1, -0.05) is 0 Å². The molecule has 0 aromatic carbocycles. The summed E-state index contributed by atoms with van der Waals surface area (Å²) in [6.45, 7) is 4.90. The van der Waals surface area contributed by atoms with Gasteiger partial charge in [0.25, 0.3) is 0 Å². The van der Waals surface area contributed by atoms with E-state index in [9.17, 15) is 18.0 Å². The molecule has 1 fully saturated rings. The lowest BCUT2D eigenvalue weighted by Gasteiger charge is -2.19. The quantitative estimate of drug-likeness (QED) is 0.621. The third-order valence-corrected chi connectivity index (χ3v) is 1.92. The second-order valence-electron chi connectivity index (χ2n) is 4.52. The van der Waals surface area contributed by atoms with Crippen molar-refractivity contribution in [1.82, 2.24) is 0 Å². The molecule has 0 aromatic rings. The molecular formula is C9H13F3O2. The Hall–Kier alpha value is -0.740. The van der Waals surface area contributed by atoms with Gasteiger partial charge < -0.3 is 4.74 Å². The molecule has 1 rings (SSSR count). The SMILES string of the molecule is CC(C)(C)OC(=O)[C@H]1C[C@@H]1C(F)(F)F. The Morgan fingerprint density at radius 1 is 1.29 bits per heavy atom. The topological polar surface area (TPSA) is 26.3 Å². The molecule has 0 bridgehead atoms. The van der Waals surface area contributed by atoms with E-state index in [0.717, 1.165) is 0 Å². The first-order valence-corrected chi connectivity index (χ1v) is 4.41. The molecule has 14 heavy (non-hydrogen) atoms. The van der Waals surface area contributed by atoms with Gasteiger partial charge in [0.05, 0.1) is 11.8 Å². The van der Waals surface area contributed by atoms with Crippen molar-refractivity contribution in [2.75, 3.05) is 0 Å². The molecule has 0 aliphatic heterocycles. The Kier molecular flexibility index (Phi) is 2.54. The summed E-state index contributed by atoms with van der Waals surface area (Å²) in [6, 6.07) is 0. The first-order valence-electron chi connectivity index (χ1n) is 4.41. The van der Waals surface area contributed by atoms with Crippen LogP contribution in [0.25, 0.3) is 0 Å². The zero-order chi connectivity index (χ0) is 11.1. The lowest BCUT2D eigenvalue weighted by molar-refractivity contribution is -0.169. The Labute approximate surface area is 80.4 Å². The third kappa shape index (κ3) is 2.89. The molecule has 0 spiro atoms. The van der Waals surface area contributed by atoms with Crippen molar-refractivity contribution in [3.05, 3.63) is 0 Å². The number of halogens is 3. The molecule has 0 unspecified atom stereocenters. The van der Waals surface area contributed by atoms with Gasteiger partial charge in [0.1, 0.15) is 5.60 Å². The van der Waals surface area contributed by atoms with E-state index in [1.165, 1.54) is 0 Å². The van der Waals surface area contributed by atoms with Crippen LogP contribution in [0.2, 0.25) is 0 Å². The minimum absolute atomic E-state index is 0.127. The molecule has 0 heterocycles. The van der Waals surface area contributed by atoms with Gasteiger partial charge in [-0.3, -0.25) is 4.79 Å². The van der Waals surface area contributed by atoms with Crippen LogP contribution in [0.5, 0.6) is 0 Å². The lowest BCUT2D eigenvalue weighted by Crippen LogP contribution is -2.26. The second kappa shape index (κ2) is 3.14. The Balaban J connectivity index is 2.45. The number of carbonyl (C=O) groups is 1. The average molecular weight is 210 g/mol. The molecule has 0 saturated heterocycles. The van der Waals surface area contributed by atoms with Gasteiger partial charge in [-0.15, -0.1) is 0 Å². The fraction of sp³-hybridized carbons (Fsp3) is 0.889. The standard InChI is InChI=1S/C9H13F3O2/c1-8(2,3)14-7(13)5-4-6(5)9(10,11)12/h5-6H,4H2,1-3H3/t5-,6-/m0/s1. The highest BCUT2D eigenvalue weighted by atomic mass is 19.4. The van der Waals surface area contributed by atoms with Gasteiger partial charge >= 0.3 is 12.1 Å². The number of carbonyl (C=O) groups excluding carboxylic acids is 1.